The van der Waals surface area contributed by atoms with Gasteiger partial charge in [0, 0.05) is 20.1 Å². The van der Waals surface area contributed by atoms with Gasteiger partial charge in [0.15, 0.2) is 5.69 Å². The first kappa shape index (κ1) is 9.89. The van der Waals surface area contributed by atoms with Crippen LogP contribution in [0.4, 0.5) is 5.82 Å². The fraction of sp³-hybridized carbons (Fsp3) is 0.500. The van der Waals surface area contributed by atoms with Crippen molar-refractivity contribution in [3.05, 3.63) is 17.8 Å². The first-order valence-corrected chi connectivity index (χ1v) is 5.12. The molecule has 1 aliphatic heterocycles. The Kier molecular flexibility index (Phi) is 2.80. The molecule has 80 valence electrons. The molecule has 1 saturated heterocycles. The number of hydrogen-bond acceptors (Lipinski definition) is 4. The number of carbonyl (C=O) groups excluding carboxylic acids is 1. The van der Waals surface area contributed by atoms with Gasteiger partial charge >= 0.3 is 0 Å². The van der Waals surface area contributed by atoms with Gasteiger partial charge in [0.05, 0.1) is 0 Å². The lowest BCUT2D eigenvalue weighted by Crippen LogP contribution is -2.28. The van der Waals surface area contributed by atoms with Gasteiger partial charge in [-0.15, -0.1) is 10.2 Å². The van der Waals surface area contributed by atoms with E-state index in [2.05, 4.69) is 15.5 Å². The number of anilines is 1. The van der Waals surface area contributed by atoms with E-state index in [1.807, 2.05) is 4.90 Å². The number of likely N-dealkylation sites (tertiary alicyclic amines) is 1. The van der Waals surface area contributed by atoms with E-state index in [0.29, 0.717) is 11.5 Å². The molecule has 1 aromatic rings. The molecule has 0 atom stereocenters. The Morgan fingerprint density at radius 2 is 2.07 bits per heavy atom. The number of hydrogen-bond donors (Lipinski definition) is 1. The van der Waals surface area contributed by atoms with E-state index in [4.69, 9.17) is 0 Å². The largest absolute Gasteiger partial charge is 0.372 e. The molecule has 5 nitrogen and oxygen atoms in total. The van der Waals surface area contributed by atoms with Crippen molar-refractivity contribution >= 4 is 11.7 Å². The summed E-state index contributed by atoms with van der Waals surface area (Å²) >= 11 is 0. The van der Waals surface area contributed by atoms with Gasteiger partial charge in [-0.25, -0.2) is 0 Å². The Morgan fingerprint density at radius 3 is 2.60 bits per heavy atom. The maximum atomic E-state index is 11.8. The van der Waals surface area contributed by atoms with Crippen LogP contribution in [0.1, 0.15) is 23.3 Å². The van der Waals surface area contributed by atoms with Crippen molar-refractivity contribution in [3.8, 4) is 0 Å². The Labute approximate surface area is 88.5 Å². The van der Waals surface area contributed by atoms with Gasteiger partial charge in [0.2, 0.25) is 0 Å². The maximum Gasteiger partial charge on any atom is 0.274 e. The zero-order valence-corrected chi connectivity index (χ0v) is 8.73. The van der Waals surface area contributed by atoms with Crippen LogP contribution in [0.15, 0.2) is 12.1 Å². The fourth-order valence-corrected chi connectivity index (χ4v) is 1.66. The van der Waals surface area contributed by atoms with Crippen molar-refractivity contribution in [1.82, 2.24) is 15.1 Å². The topological polar surface area (TPSA) is 58.1 Å². The van der Waals surface area contributed by atoms with Crippen LogP contribution in [0.3, 0.4) is 0 Å². The SMILES string of the molecule is CNc1ccc(C(=O)N2CCCC2)nn1. The number of amides is 1. The van der Waals surface area contributed by atoms with Crippen LogP contribution in [-0.4, -0.2) is 41.1 Å². The van der Waals surface area contributed by atoms with Gasteiger partial charge in [-0.2, -0.15) is 0 Å². The van der Waals surface area contributed by atoms with E-state index in [-0.39, 0.29) is 5.91 Å². The van der Waals surface area contributed by atoms with E-state index in [9.17, 15) is 4.79 Å². The van der Waals surface area contributed by atoms with Crippen molar-refractivity contribution in [3.63, 3.8) is 0 Å². The molecule has 0 radical (unpaired) electrons. The molecule has 1 aromatic heterocycles. The molecule has 0 unspecified atom stereocenters. The molecule has 1 amide bonds. The zero-order valence-electron chi connectivity index (χ0n) is 8.73. The van der Waals surface area contributed by atoms with E-state index >= 15 is 0 Å². The van der Waals surface area contributed by atoms with E-state index in [1.54, 1.807) is 19.2 Å². The molecule has 1 fully saturated rings. The number of nitrogens with zero attached hydrogens (tertiary/aromatic N) is 3. The van der Waals surface area contributed by atoms with Crippen LogP contribution >= 0.6 is 0 Å². The van der Waals surface area contributed by atoms with Gasteiger partial charge in [0.1, 0.15) is 5.82 Å². The summed E-state index contributed by atoms with van der Waals surface area (Å²) in [4.78, 5) is 13.7. The van der Waals surface area contributed by atoms with Gasteiger partial charge in [-0.1, -0.05) is 0 Å². The van der Waals surface area contributed by atoms with Crippen LogP contribution in [-0.2, 0) is 0 Å². The predicted molar refractivity (Wildman–Crippen MR) is 56.7 cm³/mol. The highest BCUT2D eigenvalue weighted by atomic mass is 16.2. The normalized spacial score (nSPS) is 15.4. The van der Waals surface area contributed by atoms with Crippen molar-refractivity contribution in [2.45, 2.75) is 12.8 Å². The maximum absolute atomic E-state index is 11.8. The van der Waals surface area contributed by atoms with Gasteiger partial charge in [0.25, 0.3) is 5.91 Å². The molecular formula is C10H14N4O. The summed E-state index contributed by atoms with van der Waals surface area (Å²) in [5.41, 5.74) is 0.427. The lowest BCUT2D eigenvalue weighted by molar-refractivity contribution is 0.0786. The van der Waals surface area contributed by atoms with E-state index in [1.165, 1.54) is 0 Å². The summed E-state index contributed by atoms with van der Waals surface area (Å²) in [6, 6.07) is 3.47. The van der Waals surface area contributed by atoms with Gasteiger partial charge in [-0.05, 0) is 25.0 Å². The minimum absolute atomic E-state index is 0.0114. The molecule has 0 aromatic carbocycles. The van der Waals surface area contributed by atoms with Crippen molar-refractivity contribution in [2.24, 2.45) is 0 Å². The molecule has 0 saturated carbocycles. The summed E-state index contributed by atoms with van der Waals surface area (Å²) in [7, 11) is 1.77. The third-order valence-electron chi connectivity index (χ3n) is 2.53. The minimum atomic E-state index is -0.0114. The first-order chi connectivity index (χ1) is 7.31. The minimum Gasteiger partial charge on any atom is -0.372 e. The highest BCUT2D eigenvalue weighted by Crippen LogP contribution is 2.11. The molecule has 15 heavy (non-hydrogen) atoms. The number of rotatable bonds is 2. The second-order valence-electron chi connectivity index (χ2n) is 3.55. The third-order valence-corrected chi connectivity index (χ3v) is 2.53. The number of nitrogens with one attached hydrogen (secondary N) is 1. The van der Waals surface area contributed by atoms with Crippen molar-refractivity contribution in [1.29, 1.82) is 0 Å². The third kappa shape index (κ3) is 2.06. The Hall–Kier alpha value is -1.65. The summed E-state index contributed by atoms with van der Waals surface area (Å²) in [6.07, 6.45) is 2.18. The average Bonchev–Trinajstić information content (AvgIpc) is 2.82. The molecule has 2 heterocycles. The zero-order chi connectivity index (χ0) is 10.7. The Balaban J connectivity index is 2.11. The second kappa shape index (κ2) is 4.25. The molecule has 1 N–H and O–H groups in total. The molecular weight excluding hydrogens is 192 g/mol. The molecule has 5 heteroatoms. The summed E-state index contributed by atoms with van der Waals surface area (Å²) in [5, 5.41) is 10.6. The summed E-state index contributed by atoms with van der Waals surface area (Å²) in [5.74, 6) is 0.663. The van der Waals surface area contributed by atoms with E-state index in [0.717, 1.165) is 25.9 Å². The lowest BCUT2D eigenvalue weighted by atomic mass is 10.3. The highest BCUT2D eigenvalue weighted by molar-refractivity contribution is 5.92. The second-order valence-corrected chi connectivity index (χ2v) is 3.55. The number of aromatic nitrogens is 2. The molecule has 0 spiro atoms. The van der Waals surface area contributed by atoms with Crippen LogP contribution in [0.2, 0.25) is 0 Å². The molecule has 0 aliphatic carbocycles. The van der Waals surface area contributed by atoms with Gasteiger partial charge in [-0.3, -0.25) is 4.79 Å². The quantitative estimate of drug-likeness (QED) is 0.776. The monoisotopic (exact) mass is 206 g/mol. The number of carbonyl (C=O) groups is 1. The van der Waals surface area contributed by atoms with Crippen molar-refractivity contribution < 1.29 is 4.79 Å². The smallest absolute Gasteiger partial charge is 0.274 e. The highest BCUT2D eigenvalue weighted by Gasteiger charge is 2.20. The Morgan fingerprint density at radius 1 is 1.33 bits per heavy atom. The molecule has 0 bridgehead atoms. The summed E-state index contributed by atoms with van der Waals surface area (Å²) < 4.78 is 0. The van der Waals surface area contributed by atoms with Crippen molar-refractivity contribution in [2.75, 3.05) is 25.5 Å². The average molecular weight is 206 g/mol. The predicted octanol–water partition coefficient (Wildman–Crippen LogP) is 0.754. The van der Waals surface area contributed by atoms with Crippen LogP contribution in [0, 0.1) is 0 Å². The van der Waals surface area contributed by atoms with E-state index < -0.39 is 0 Å². The Bertz CT molecular complexity index is 343. The van der Waals surface area contributed by atoms with Crippen LogP contribution in [0.25, 0.3) is 0 Å². The molecule has 2 rings (SSSR count). The van der Waals surface area contributed by atoms with Crippen LogP contribution < -0.4 is 5.32 Å². The first-order valence-electron chi connectivity index (χ1n) is 5.12. The van der Waals surface area contributed by atoms with Crippen LogP contribution in [0.5, 0.6) is 0 Å². The summed E-state index contributed by atoms with van der Waals surface area (Å²) in [6.45, 7) is 1.68. The lowest BCUT2D eigenvalue weighted by Gasteiger charge is -2.13. The fourth-order valence-electron chi connectivity index (χ4n) is 1.66. The standard InChI is InChI=1S/C10H14N4O/c1-11-9-5-4-8(12-13-9)10(15)14-6-2-3-7-14/h4-5H,2-3,6-7H2,1H3,(H,11,13). The van der Waals surface area contributed by atoms with Gasteiger partial charge < -0.3 is 10.2 Å². The molecule has 1 aliphatic rings.